The number of rotatable bonds is 6. The minimum atomic E-state index is -0.348. The summed E-state index contributed by atoms with van der Waals surface area (Å²) >= 11 is 0. The van der Waals surface area contributed by atoms with Crippen LogP contribution in [0.3, 0.4) is 0 Å². The third-order valence-electron chi connectivity index (χ3n) is 9.89. The molecule has 196 valence electrons. The standard InChI is InChI=1S/C26H42O3.C4H10O/c1-16(2)7-6-8-17(3)19-9-10-20-23-21(12-14-25(19,20)4)26(5)13-11-18(27)15-22(26)24(28)29-23;1-4(2)3-5/h16-20,22,27H,6-15H2,1-5H3;4-5H,3H2,1-2H3/t17-,18+,19-,20+,22-,25-,26-;/m1./s1. The molecule has 0 spiro atoms. The lowest BCUT2D eigenvalue weighted by atomic mass is 9.54. The summed E-state index contributed by atoms with van der Waals surface area (Å²) < 4.78 is 6.12. The molecule has 2 fully saturated rings. The van der Waals surface area contributed by atoms with Crippen molar-refractivity contribution in [2.75, 3.05) is 6.61 Å². The lowest BCUT2D eigenvalue weighted by Gasteiger charge is -2.53. The molecule has 0 unspecified atom stereocenters. The summed E-state index contributed by atoms with van der Waals surface area (Å²) in [7, 11) is 0. The van der Waals surface area contributed by atoms with Gasteiger partial charge in [0.2, 0.25) is 0 Å². The van der Waals surface area contributed by atoms with Crippen molar-refractivity contribution in [1.82, 2.24) is 0 Å². The van der Waals surface area contributed by atoms with Gasteiger partial charge < -0.3 is 14.9 Å². The van der Waals surface area contributed by atoms with Crippen LogP contribution >= 0.6 is 0 Å². The highest BCUT2D eigenvalue weighted by atomic mass is 16.5. The van der Waals surface area contributed by atoms with Gasteiger partial charge >= 0.3 is 5.97 Å². The summed E-state index contributed by atoms with van der Waals surface area (Å²) in [6, 6.07) is 0. The zero-order valence-electron chi connectivity index (χ0n) is 23.0. The first-order chi connectivity index (χ1) is 15.9. The maximum atomic E-state index is 13.0. The number of allylic oxidation sites excluding steroid dienone is 2. The number of carbonyl (C=O) groups is 1. The Morgan fingerprint density at radius 1 is 0.971 bits per heavy atom. The molecule has 0 saturated heterocycles. The first-order valence-corrected chi connectivity index (χ1v) is 14.2. The molecule has 2 saturated carbocycles. The molecule has 0 radical (unpaired) electrons. The van der Waals surface area contributed by atoms with Gasteiger partial charge in [-0.25, -0.2) is 0 Å². The molecule has 2 N–H and O–H groups in total. The van der Waals surface area contributed by atoms with E-state index in [-0.39, 0.29) is 28.8 Å². The Hall–Kier alpha value is -0.870. The Morgan fingerprint density at radius 2 is 1.65 bits per heavy atom. The van der Waals surface area contributed by atoms with E-state index < -0.39 is 0 Å². The summed E-state index contributed by atoms with van der Waals surface area (Å²) in [4.78, 5) is 13.0. The normalized spacial score (nSPS) is 38.0. The Labute approximate surface area is 208 Å². The second-order valence-corrected chi connectivity index (χ2v) is 13.3. The maximum absolute atomic E-state index is 13.0. The Kier molecular flexibility index (Phi) is 8.99. The minimum absolute atomic E-state index is 0.0670. The van der Waals surface area contributed by atoms with Crippen LogP contribution in [0.25, 0.3) is 0 Å². The van der Waals surface area contributed by atoms with Gasteiger partial charge in [0.15, 0.2) is 0 Å². The van der Waals surface area contributed by atoms with Gasteiger partial charge in [0, 0.05) is 17.9 Å². The Bertz CT molecular complexity index is 740. The molecule has 7 atom stereocenters. The van der Waals surface area contributed by atoms with E-state index in [1.807, 2.05) is 13.8 Å². The molecule has 4 heteroatoms. The number of esters is 1. The van der Waals surface area contributed by atoms with Crippen LogP contribution in [0.1, 0.15) is 113 Å². The van der Waals surface area contributed by atoms with Crippen LogP contribution in [0, 0.1) is 46.3 Å². The van der Waals surface area contributed by atoms with Crippen LogP contribution in [0.4, 0.5) is 0 Å². The molecule has 3 aliphatic carbocycles. The van der Waals surface area contributed by atoms with Crippen molar-refractivity contribution in [3.05, 3.63) is 11.3 Å². The van der Waals surface area contributed by atoms with Gasteiger partial charge in [-0.15, -0.1) is 0 Å². The van der Waals surface area contributed by atoms with Crippen molar-refractivity contribution < 1.29 is 19.7 Å². The summed E-state index contributed by atoms with van der Waals surface area (Å²) in [5.41, 5.74) is 1.62. The summed E-state index contributed by atoms with van der Waals surface area (Å²) in [5.74, 6) is 3.98. The predicted molar refractivity (Wildman–Crippen MR) is 138 cm³/mol. The van der Waals surface area contributed by atoms with Gasteiger partial charge in [-0.05, 0) is 79.6 Å². The number of fused-ring (bicyclic) bond motifs is 4. The smallest absolute Gasteiger partial charge is 0.315 e. The molecular formula is C30H52O4. The molecule has 0 aromatic rings. The number of aliphatic hydroxyl groups is 2. The van der Waals surface area contributed by atoms with E-state index in [0.717, 1.165) is 42.8 Å². The summed E-state index contributed by atoms with van der Waals surface area (Å²) in [5, 5.41) is 18.3. The van der Waals surface area contributed by atoms with Gasteiger partial charge in [-0.2, -0.15) is 0 Å². The molecule has 0 aromatic carbocycles. The Balaban J connectivity index is 0.000000588. The summed E-state index contributed by atoms with van der Waals surface area (Å²) in [6.07, 6.45) is 10.7. The van der Waals surface area contributed by atoms with Crippen LogP contribution in [-0.2, 0) is 9.53 Å². The van der Waals surface area contributed by atoms with E-state index in [9.17, 15) is 9.90 Å². The lowest BCUT2D eigenvalue weighted by Crippen LogP contribution is -2.50. The highest BCUT2D eigenvalue weighted by Gasteiger charge is 2.59. The monoisotopic (exact) mass is 476 g/mol. The van der Waals surface area contributed by atoms with E-state index in [0.29, 0.717) is 24.9 Å². The van der Waals surface area contributed by atoms with Crippen molar-refractivity contribution in [3.8, 4) is 0 Å². The van der Waals surface area contributed by atoms with Crippen molar-refractivity contribution in [2.24, 2.45) is 46.3 Å². The molecule has 1 heterocycles. The molecule has 0 amide bonds. The maximum Gasteiger partial charge on any atom is 0.315 e. The molecule has 0 bridgehead atoms. The fourth-order valence-electron chi connectivity index (χ4n) is 7.65. The van der Waals surface area contributed by atoms with Gasteiger partial charge in [0.1, 0.15) is 5.76 Å². The number of hydrogen-bond acceptors (Lipinski definition) is 4. The second-order valence-electron chi connectivity index (χ2n) is 13.3. The Morgan fingerprint density at radius 3 is 2.26 bits per heavy atom. The van der Waals surface area contributed by atoms with Gasteiger partial charge in [-0.1, -0.05) is 67.7 Å². The SMILES string of the molecule is CC(C)CCC[C@@H](C)[C@H]1CC[C@H]2C3=C(CC[C@]12C)[C@@]1(C)CC[C@H](O)C[C@@H]1C(=O)O3.CC(C)CO. The molecule has 4 nitrogen and oxygen atoms in total. The van der Waals surface area contributed by atoms with E-state index in [4.69, 9.17) is 9.84 Å². The second kappa shape index (κ2) is 11.0. The first-order valence-electron chi connectivity index (χ1n) is 14.2. The van der Waals surface area contributed by atoms with E-state index in [1.54, 1.807) is 0 Å². The molecule has 4 rings (SSSR count). The fourth-order valence-corrected chi connectivity index (χ4v) is 7.65. The lowest BCUT2D eigenvalue weighted by molar-refractivity contribution is -0.159. The van der Waals surface area contributed by atoms with Crippen LogP contribution in [0.2, 0.25) is 0 Å². The quantitative estimate of drug-likeness (QED) is 0.410. The zero-order valence-corrected chi connectivity index (χ0v) is 23.0. The van der Waals surface area contributed by atoms with Crippen LogP contribution in [0.15, 0.2) is 11.3 Å². The number of aliphatic hydroxyl groups excluding tert-OH is 2. The highest BCUT2D eigenvalue weighted by Crippen LogP contribution is 2.64. The first kappa shape index (κ1) is 27.7. The van der Waals surface area contributed by atoms with Crippen LogP contribution in [0.5, 0.6) is 0 Å². The molecule has 0 aromatic heterocycles. The molecule has 34 heavy (non-hydrogen) atoms. The van der Waals surface area contributed by atoms with E-state index in [2.05, 4.69) is 34.6 Å². The van der Waals surface area contributed by atoms with Crippen LogP contribution < -0.4 is 0 Å². The fraction of sp³-hybridized carbons (Fsp3) is 0.900. The third kappa shape index (κ3) is 5.43. The zero-order chi connectivity index (χ0) is 25.3. The number of carbonyl (C=O) groups excluding carboxylic acids is 1. The van der Waals surface area contributed by atoms with E-state index in [1.165, 1.54) is 44.1 Å². The van der Waals surface area contributed by atoms with Crippen molar-refractivity contribution in [1.29, 1.82) is 0 Å². The van der Waals surface area contributed by atoms with Gasteiger partial charge in [0.25, 0.3) is 0 Å². The van der Waals surface area contributed by atoms with Crippen molar-refractivity contribution >= 4 is 5.97 Å². The molecular weight excluding hydrogens is 424 g/mol. The van der Waals surface area contributed by atoms with Gasteiger partial charge in [0.05, 0.1) is 12.0 Å². The third-order valence-corrected chi connectivity index (χ3v) is 9.89. The van der Waals surface area contributed by atoms with E-state index >= 15 is 0 Å². The number of hydrogen-bond donors (Lipinski definition) is 2. The molecule has 1 aliphatic heterocycles. The average molecular weight is 477 g/mol. The predicted octanol–water partition coefficient (Wildman–Crippen LogP) is 6.89. The number of ether oxygens (including phenoxy) is 1. The highest BCUT2D eigenvalue weighted by molar-refractivity contribution is 5.77. The summed E-state index contributed by atoms with van der Waals surface area (Å²) in [6.45, 7) is 16.1. The minimum Gasteiger partial charge on any atom is -0.431 e. The largest absolute Gasteiger partial charge is 0.431 e. The molecule has 4 aliphatic rings. The average Bonchev–Trinajstić information content (AvgIpc) is 3.12. The van der Waals surface area contributed by atoms with Gasteiger partial charge in [-0.3, -0.25) is 4.79 Å². The van der Waals surface area contributed by atoms with Crippen molar-refractivity contribution in [3.63, 3.8) is 0 Å². The topological polar surface area (TPSA) is 66.8 Å². The van der Waals surface area contributed by atoms with Crippen molar-refractivity contribution in [2.45, 2.75) is 119 Å². The van der Waals surface area contributed by atoms with Crippen LogP contribution in [-0.4, -0.2) is 28.9 Å².